The maximum atomic E-state index is 11.8. The number of esters is 1. The maximum absolute atomic E-state index is 11.8. The molecule has 0 aliphatic rings. The molecule has 0 unspecified atom stereocenters. The van der Waals surface area contributed by atoms with E-state index in [1.54, 1.807) is 6.92 Å². The van der Waals surface area contributed by atoms with E-state index >= 15 is 0 Å². The molecule has 0 fully saturated rings. The van der Waals surface area contributed by atoms with Gasteiger partial charge in [0.05, 0.1) is 12.3 Å². The zero-order valence-electron chi connectivity index (χ0n) is 11.4. The Morgan fingerprint density at radius 1 is 1.44 bits per heavy atom. The zero-order valence-corrected chi connectivity index (χ0v) is 11.4. The zero-order chi connectivity index (χ0) is 13.7. The predicted molar refractivity (Wildman–Crippen MR) is 68.9 cm³/mol. The van der Waals surface area contributed by atoms with Gasteiger partial charge >= 0.3 is 5.97 Å². The van der Waals surface area contributed by atoms with Gasteiger partial charge in [-0.25, -0.2) is 9.78 Å². The molecule has 0 saturated heterocycles. The van der Waals surface area contributed by atoms with Gasteiger partial charge in [-0.1, -0.05) is 27.2 Å². The van der Waals surface area contributed by atoms with Gasteiger partial charge in [0, 0.05) is 5.92 Å². The molecule has 5 nitrogen and oxygen atoms in total. The molecule has 18 heavy (non-hydrogen) atoms. The van der Waals surface area contributed by atoms with Crippen LogP contribution in [0.1, 0.15) is 61.4 Å². The molecule has 0 aliphatic carbocycles. The SMILES string of the molecule is CCCCOC(=O)c1c(C)nc(C(C)C)[nH]c1=O. The van der Waals surface area contributed by atoms with Crippen LogP contribution in [0.3, 0.4) is 0 Å². The lowest BCUT2D eigenvalue weighted by Gasteiger charge is -2.09. The summed E-state index contributed by atoms with van der Waals surface area (Å²) in [4.78, 5) is 30.4. The Morgan fingerprint density at radius 3 is 2.61 bits per heavy atom. The van der Waals surface area contributed by atoms with Crippen molar-refractivity contribution in [2.24, 2.45) is 0 Å². The Balaban J connectivity index is 2.96. The summed E-state index contributed by atoms with van der Waals surface area (Å²) >= 11 is 0. The number of aryl methyl sites for hydroxylation is 1. The number of carbonyl (C=O) groups excluding carboxylic acids is 1. The number of carbonyl (C=O) groups is 1. The molecule has 1 aromatic heterocycles. The second kappa shape index (κ2) is 6.33. The van der Waals surface area contributed by atoms with E-state index in [1.165, 1.54) is 0 Å². The van der Waals surface area contributed by atoms with Crippen LogP contribution in [0.4, 0.5) is 0 Å². The molecule has 100 valence electrons. The highest BCUT2D eigenvalue weighted by Crippen LogP contribution is 2.09. The molecule has 0 saturated carbocycles. The normalized spacial score (nSPS) is 10.7. The molecule has 1 N–H and O–H groups in total. The molecule has 1 heterocycles. The molecule has 0 spiro atoms. The van der Waals surface area contributed by atoms with E-state index < -0.39 is 11.5 Å². The summed E-state index contributed by atoms with van der Waals surface area (Å²) in [7, 11) is 0. The summed E-state index contributed by atoms with van der Waals surface area (Å²) in [6, 6.07) is 0. The van der Waals surface area contributed by atoms with Crippen molar-refractivity contribution in [1.29, 1.82) is 0 Å². The number of unbranched alkanes of at least 4 members (excludes halogenated alkanes) is 1. The number of ether oxygens (including phenoxy) is 1. The van der Waals surface area contributed by atoms with Crippen LogP contribution >= 0.6 is 0 Å². The first kappa shape index (κ1) is 14.4. The summed E-state index contributed by atoms with van der Waals surface area (Å²) in [6.07, 6.45) is 1.73. The van der Waals surface area contributed by atoms with Gasteiger partial charge < -0.3 is 9.72 Å². The molecule has 0 aliphatic heterocycles. The van der Waals surface area contributed by atoms with Crippen molar-refractivity contribution in [2.45, 2.75) is 46.5 Å². The molecule has 0 amide bonds. The van der Waals surface area contributed by atoms with Crippen LogP contribution in [0, 0.1) is 6.92 Å². The molecule has 0 bridgehead atoms. The van der Waals surface area contributed by atoms with Crippen LogP contribution in [-0.2, 0) is 4.74 Å². The van der Waals surface area contributed by atoms with Crippen LogP contribution in [0.25, 0.3) is 0 Å². The van der Waals surface area contributed by atoms with Crippen molar-refractivity contribution in [2.75, 3.05) is 6.61 Å². The first-order chi connectivity index (χ1) is 8.47. The van der Waals surface area contributed by atoms with Crippen molar-refractivity contribution in [3.8, 4) is 0 Å². The fourth-order valence-corrected chi connectivity index (χ4v) is 1.50. The van der Waals surface area contributed by atoms with Crippen molar-refractivity contribution < 1.29 is 9.53 Å². The lowest BCUT2D eigenvalue weighted by atomic mass is 10.2. The molecule has 1 rings (SSSR count). The van der Waals surface area contributed by atoms with Gasteiger partial charge in [0.25, 0.3) is 5.56 Å². The summed E-state index contributed by atoms with van der Waals surface area (Å²) in [5, 5.41) is 0. The van der Waals surface area contributed by atoms with Crippen molar-refractivity contribution in [3.63, 3.8) is 0 Å². The fraction of sp³-hybridized carbons (Fsp3) is 0.615. The molecular formula is C13H20N2O3. The minimum absolute atomic E-state index is 0.00973. The van der Waals surface area contributed by atoms with E-state index in [4.69, 9.17) is 4.74 Å². The molecule has 1 aromatic rings. The van der Waals surface area contributed by atoms with E-state index in [0.717, 1.165) is 12.8 Å². The Labute approximate surface area is 107 Å². The van der Waals surface area contributed by atoms with Gasteiger partial charge in [-0.2, -0.15) is 0 Å². The highest BCUT2D eigenvalue weighted by molar-refractivity contribution is 5.90. The Hall–Kier alpha value is -1.65. The van der Waals surface area contributed by atoms with Gasteiger partial charge in [0.2, 0.25) is 0 Å². The van der Waals surface area contributed by atoms with E-state index in [9.17, 15) is 9.59 Å². The lowest BCUT2D eigenvalue weighted by molar-refractivity contribution is 0.0496. The smallest absolute Gasteiger partial charge is 0.345 e. The number of aromatic amines is 1. The van der Waals surface area contributed by atoms with Crippen LogP contribution in [0.5, 0.6) is 0 Å². The number of nitrogens with zero attached hydrogens (tertiary/aromatic N) is 1. The molecule has 0 atom stereocenters. The molecule has 0 radical (unpaired) electrons. The van der Waals surface area contributed by atoms with E-state index in [0.29, 0.717) is 18.1 Å². The van der Waals surface area contributed by atoms with E-state index in [1.807, 2.05) is 20.8 Å². The number of aromatic nitrogens is 2. The molecular weight excluding hydrogens is 232 g/mol. The van der Waals surface area contributed by atoms with Gasteiger partial charge in [0.15, 0.2) is 0 Å². The number of hydrogen-bond acceptors (Lipinski definition) is 4. The van der Waals surface area contributed by atoms with Gasteiger partial charge in [-0.3, -0.25) is 4.79 Å². The third kappa shape index (κ3) is 3.42. The number of nitrogens with one attached hydrogen (secondary N) is 1. The van der Waals surface area contributed by atoms with Crippen LogP contribution in [0.2, 0.25) is 0 Å². The van der Waals surface area contributed by atoms with Crippen LogP contribution in [0.15, 0.2) is 4.79 Å². The number of H-pyrrole nitrogens is 1. The van der Waals surface area contributed by atoms with Gasteiger partial charge in [-0.05, 0) is 13.3 Å². The monoisotopic (exact) mass is 252 g/mol. The maximum Gasteiger partial charge on any atom is 0.345 e. The Bertz CT molecular complexity index is 478. The topological polar surface area (TPSA) is 72.0 Å². The third-order valence-corrected chi connectivity index (χ3v) is 2.60. The predicted octanol–water partition coefficient (Wildman–Crippen LogP) is 2.16. The summed E-state index contributed by atoms with van der Waals surface area (Å²) in [6.45, 7) is 7.84. The second-order valence-electron chi connectivity index (χ2n) is 4.56. The standard InChI is InChI=1S/C13H20N2O3/c1-5-6-7-18-13(17)10-9(4)14-11(8(2)3)15-12(10)16/h8H,5-7H2,1-4H3,(H,14,15,16). The van der Waals surface area contributed by atoms with E-state index in [2.05, 4.69) is 9.97 Å². The Morgan fingerprint density at radius 2 is 2.11 bits per heavy atom. The highest BCUT2D eigenvalue weighted by atomic mass is 16.5. The van der Waals surface area contributed by atoms with Crippen LogP contribution in [-0.4, -0.2) is 22.5 Å². The average molecular weight is 252 g/mol. The van der Waals surface area contributed by atoms with Gasteiger partial charge in [-0.15, -0.1) is 0 Å². The summed E-state index contributed by atoms with van der Waals surface area (Å²) in [5.41, 5.74) is 0.00662. The number of hydrogen-bond donors (Lipinski definition) is 1. The lowest BCUT2D eigenvalue weighted by Crippen LogP contribution is -2.25. The summed E-state index contributed by atoms with van der Waals surface area (Å²) < 4.78 is 5.03. The quantitative estimate of drug-likeness (QED) is 0.644. The molecule has 5 heteroatoms. The average Bonchev–Trinajstić information content (AvgIpc) is 2.28. The summed E-state index contributed by atoms with van der Waals surface area (Å²) in [5.74, 6) is 0.106. The highest BCUT2D eigenvalue weighted by Gasteiger charge is 2.18. The second-order valence-corrected chi connectivity index (χ2v) is 4.56. The molecule has 0 aromatic carbocycles. The van der Waals surface area contributed by atoms with Crippen molar-refractivity contribution in [3.05, 3.63) is 27.4 Å². The van der Waals surface area contributed by atoms with Crippen LogP contribution < -0.4 is 5.56 Å². The first-order valence-corrected chi connectivity index (χ1v) is 6.25. The van der Waals surface area contributed by atoms with E-state index in [-0.39, 0.29) is 11.5 Å². The van der Waals surface area contributed by atoms with Crippen molar-refractivity contribution in [1.82, 2.24) is 9.97 Å². The number of rotatable bonds is 5. The van der Waals surface area contributed by atoms with Gasteiger partial charge in [0.1, 0.15) is 11.4 Å². The third-order valence-electron chi connectivity index (χ3n) is 2.60. The fourth-order valence-electron chi connectivity index (χ4n) is 1.50. The largest absolute Gasteiger partial charge is 0.462 e. The minimum atomic E-state index is -0.593. The minimum Gasteiger partial charge on any atom is -0.462 e. The Kier molecular flexibility index (Phi) is 5.07. The van der Waals surface area contributed by atoms with Crippen molar-refractivity contribution >= 4 is 5.97 Å². The first-order valence-electron chi connectivity index (χ1n) is 6.25.